The van der Waals surface area contributed by atoms with Crippen molar-refractivity contribution in [3.63, 3.8) is 0 Å². The molecule has 0 saturated heterocycles. The largest absolute Gasteiger partial charge is 0.329 e. The van der Waals surface area contributed by atoms with Crippen molar-refractivity contribution in [2.45, 2.75) is 37.6 Å². The van der Waals surface area contributed by atoms with Gasteiger partial charge in [0.15, 0.2) is 9.84 Å². The minimum Gasteiger partial charge on any atom is -0.329 e. The smallest absolute Gasteiger partial charge is 0.156 e. The lowest BCUT2D eigenvalue weighted by atomic mass is 10.1. The Morgan fingerprint density at radius 2 is 2.25 bits per heavy atom. The zero-order chi connectivity index (χ0) is 11.3. The van der Waals surface area contributed by atoms with Crippen molar-refractivity contribution < 1.29 is 8.42 Å². The number of hydrogen-bond donors (Lipinski definition) is 1. The number of fused-ring (bicyclic) bond motifs is 3. The van der Waals surface area contributed by atoms with E-state index < -0.39 is 9.84 Å². The number of hydrogen-bond acceptors (Lipinski definition) is 4. The van der Waals surface area contributed by atoms with Gasteiger partial charge in [-0.15, -0.1) is 0 Å². The molecule has 1 atom stereocenters. The maximum atomic E-state index is 11.6. The van der Waals surface area contributed by atoms with Gasteiger partial charge in [-0.1, -0.05) is 0 Å². The monoisotopic (exact) mass is 241 g/mol. The van der Waals surface area contributed by atoms with Gasteiger partial charge in [0.2, 0.25) is 0 Å². The second-order valence-electron chi connectivity index (χ2n) is 4.61. The van der Waals surface area contributed by atoms with E-state index in [0.29, 0.717) is 6.42 Å². The van der Waals surface area contributed by atoms with Crippen LogP contribution in [0.15, 0.2) is 0 Å². The van der Waals surface area contributed by atoms with Gasteiger partial charge in [-0.3, -0.25) is 0 Å². The fourth-order valence-corrected chi connectivity index (χ4v) is 3.97. The molecule has 1 unspecified atom stereocenters. The maximum absolute atomic E-state index is 11.6. The van der Waals surface area contributed by atoms with Gasteiger partial charge in [0.05, 0.1) is 28.9 Å². The first-order valence-electron chi connectivity index (χ1n) is 5.61. The molecule has 1 aromatic heterocycles. The summed E-state index contributed by atoms with van der Waals surface area (Å²) in [6, 6.07) is -0.0259. The molecule has 88 valence electrons. The summed E-state index contributed by atoms with van der Waals surface area (Å²) in [5.74, 6) is 1.25. The fourth-order valence-electron chi connectivity index (χ4n) is 2.58. The molecule has 5 nitrogen and oxygen atoms in total. The Morgan fingerprint density at radius 3 is 3.06 bits per heavy atom. The van der Waals surface area contributed by atoms with Crippen LogP contribution in [0.25, 0.3) is 0 Å². The predicted octanol–water partition coefficient (Wildman–Crippen LogP) is 0.148. The lowest BCUT2D eigenvalue weighted by Gasteiger charge is -2.22. The Bertz CT molecular complexity index is 533. The van der Waals surface area contributed by atoms with Crippen LogP contribution in [0.2, 0.25) is 0 Å². The zero-order valence-electron chi connectivity index (χ0n) is 9.02. The summed E-state index contributed by atoms with van der Waals surface area (Å²) in [7, 11) is -2.92. The molecule has 0 radical (unpaired) electrons. The highest BCUT2D eigenvalue weighted by Crippen LogP contribution is 2.29. The van der Waals surface area contributed by atoms with E-state index >= 15 is 0 Å². The lowest BCUT2D eigenvalue weighted by Crippen LogP contribution is -2.25. The second kappa shape index (κ2) is 3.30. The van der Waals surface area contributed by atoms with Crippen LogP contribution in [-0.2, 0) is 28.6 Å². The minimum absolute atomic E-state index is 0.0259. The first-order valence-corrected chi connectivity index (χ1v) is 7.43. The van der Waals surface area contributed by atoms with Crippen LogP contribution < -0.4 is 5.73 Å². The Hall–Kier alpha value is -0.880. The van der Waals surface area contributed by atoms with Gasteiger partial charge >= 0.3 is 0 Å². The number of nitrogens with two attached hydrogens (primary N) is 1. The molecular weight excluding hydrogens is 226 g/mol. The Morgan fingerprint density at radius 1 is 1.44 bits per heavy atom. The van der Waals surface area contributed by atoms with Crippen molar-refractivity contribution in [3.8, 4) is 0 Å². The zero-order valence-corrected chi connectivity index (χ0v) is 9.83. The van der Waals surface area contributed by atoms with Crippen molar-refractivity contribution in [1.82, 2.24) is 9.55 Å². The number of nitrogens with zero attached hydrogens (tertiary/aromatic N) is 2. The fraction of sp³-hybridized carbons (Fsp3) is 0.700. The molecule has 0 amide bonds. The summed E-state index contributed by atoms with van der Waals surface area (Å²) in [6.07, 6.45) is 2.50. The molecule has 3 rings (SSSR count). The minimum atomic E-state index is -2.92. The summed E-state index contributed by atoms with van der Waals surface area (Å²) >= 11 is 0. The molecule has 2 N–H and O–H groups in total. The molecule has 0 saturated carbocycles. The topological polar surface area (TPSA) is 78.0 Å². The van der Waals surface area contributed by atoms with Crippen LogP contribution in [0.3, 0.4) is 0 Å². The second-order valence-corrected chi connectivity index (χ2v) is 6.79. The summed E-state index contributed by atoms with van der Waals surface area (Å²) in [5, 5.41) is 0. The summed E-state index contributed by atoms with van der Waals surface area (Å²) in [6.45, 7) is 0.862. The molecule has 0 spiro atoms. The van der Waals surface area contributed by atoms with E-state index in [0.717, 1.165) is 36.6 Å². The molecular formula is C10H15N3O2S. The SMILES string of the molecule is NC1CCCn2c1nc1c2CS(=O)(=O)CC1. The van der Waals surface area contributed by atoms with Gasteiger partial charge < -0.3 is 10.3 Å². The van der Waals surface area contributed by atoms with E-state index in [9.17, 15) is 8.42 Å². The van der Waals surface area contributed by atoms with Crippen molar-refractivity contribution in [2.24, 2.45) is 5.73 Å². The molecule has 2 aliphatic rings. The lowest BCUT2D eigenvalue weighted by molar-refractivity contribution is 0.445. The standard InChI is InChI=1S/C10H15N3O2S/c11-7-2-1-4-13-9-6-16(14,15)5-3-8(9)12-10(7)13/h7H,1-6,11H2. The van der Waals surface area contributed by atoms with E-state index in [1.807, 2.05) is 4.57 Å². The van der Waals surface area contributed by atoms with Gasteiger partial charge in [-0.2, -0.15) is 0 Å². The highest BCUT2D eigenvalue weighted by Gasteiger charge is 2.30. The van der Waals surface area contributed by atoms with Crippen LogP contribution in [0.4, 0.5) is 0 Å². The molecule has 1 aromatic rings. The summed E-state index contributed by atoms with van der Waals surface area (Å²) in [4.78, 5) is 4.51. The quantitative estimate of drug-likeness (QED) is 0.701. The third-order valence-corrected chi connectivity index (χ3v) is 4.96. The van der Waals surface area contributed by atoms with Gasteiger partial charge in [0, 0.05) is 13.0 Å². The van der Waals surface area contributed by atoms with Crippen molar-refractivity contribution >= 4 is 9.84 Å². The Kier molecular flexibility index (Phi) is 2.12. The van der Waals surface area contributed by atoms with Crippen LogP contribution in [-0.4, -0.2) is 23.7 Å². The van der Waals surface area contributed by atoms with E-state index in [2.05, 4.69) is 4.98 Å². The number of sulfone groups is 1. The third kappa shape index (κ3) is 1.48. The van der Waals surface area contributed by atoms with Crippen LogP contribution in [0.5, 0.6) is 0 Å². The van der Waals surface area contributed by atoms with Crippen LogP contribution in [0, 0.1) is 0 Å². The van der Waals surface area contributed by atoms with Crippen LogP contribution in [0.1, 0.15) is 36.1 Å². The van der Waals surface area contributed by atoms with Gasteiger partial charge in [-0.05, 0) is 12.8 Å². The highest BCUT2D eigenvalue weighted by atomic mass is 32.2. The summed E-state index contributed by atoms with van der Waals surface area (Å²) < 4.78 is 25.2. The molecule has 0 aliphatic carbocycles. The first-order chi connectivity index (χ1) is 7.57. The Balaban J connectivity index is 2.13. The molecule has 0 aromatic carbocycles. The van der Waals surface area contributed by atoms with E-state index in [-0.39, 0.29) is 17.5 Å². The number of imidazole rings is 1. The van der Waals surface area contributed by atoms with E-state index in [1.165, 1.54) is 0 Å². The van der Waals surface area contributed by atoms with E-state index in [4.69, 9.17) is 5.73 Å². The van der Waals surface area contributed by atoms with Gasteiger partial charge in [0.25, 0.3) is 0 Å². The van der Waals surface area contributed by atoms with Crippen molar-refractivity contribution in [3.05, 3.63) is 17.2 Å². The highest BCUT2D eigenvalue weighted by molar-refractivity contribution is 7.90. The van der Waals surface area contributed by atoms with Gasteiger partial charge in [-0.25, -0.2) is 13.4 Å². The van der Waals surface area contributed by atoms with Crippen molar-refractivity contribution in [2.75, 3.05) is 5.75 Å². The summed E-state index contributed by atoms with van der Waals surface area (Å²) in [5.41, 5.74) is 7.83. The maximum Gasteiger partial charge on any atom is 0.156 e. The molecule has 3 heterocycles. The third-order valence-electron chi connectivity index (χ3n) is 3.42. The predicted molar refractivity (Wildman–Crippen MR) is 59.6 cm³/mol. The van der Waals surface area contributed by atoms with E-state index in [1.54, 1.807) is 0 Å². The average Bonchev–Trinajstić information content (AvgIpc) is 2.57. The van der Waals surface area contributed by atoms with Gasteiger partial charge in [0.1, 0.15) is 5.82 Å². The number of aryl methyl sites for hydroxylation is 1. The molecule has 16 heavy (non-hydrogen) atoms. The number of aromatic nitrogens is 2. The Labute approximate surface area is 94.6 Å². The molecule has 0 bridgehead atoms. The molecule has 6 heteroatoms. The average molecular weight is 241 g/mol. The van der Waals surface area contributed by atoms with Crippen molar-refractivity contribution in [1.29, 1.82) is 0 Å². The number of rotatable bonds is 0. The molecule has 0 fully saturated rings. The first kappa shape index (κ1) is 10.3. The van der Waals surface area contributed by atoms with Crippen LogP contribution >= 0.6 is 0 Å². The normalized spacial score (nSPS) is 27.2. The molecule has 2 aliphatic heterocycles.